The topological polar surface area (TPSA) is 85.2 Å². The van der Waals surface area contributed by atoms with Gasteiger partial charge in [-0.15, -0.1) is 22.6 Å². The van der Waals surface area contributed by atoms with Crippen LogP contribution in [-0.4, -0.2) is 63.6 Å². The van der Waals surface area contributed by atoms with Crippen LogP contribution in [0.1, 0.15) is 35.8 Å². The Hall–Kier alpha value is -2.19. The number of ether oxygens (including phenoxy) is 1. The SMILES string of the molecule is CCOc1ccc(-n2ncc(C(=O)N3CCCC(NC)C3)c2C)nn1.Cl. The highest BCUT2D eigenvalue weighted by Gasteiger charge is 2.26. The molecule has 1 aliphatic heterocycles. The molecule has 0 radical (unpaired) electrons. The molecular formula is C17H25ClN6O2. The number of rotatable bonds is 5. The molecule has 0 aliphatic carbocycles. The molecule has 0 aromatic carbocycles. The molecule has 1 aliphatic rings. The summed E-state index contributed by atoms with van der Waals surface area (Å²) < 4.78 is 6.93. The minimum absolute atomic E-state index is 0. The Morgan fingerprint density at radius 1 is 1.38 bits per heavy atom. The summed E-state index contributed by atoms with van der Waals surface area (Å²) in [5, 5.41) is 15.7. The van der Waals surface area contributed by atoms with Crippen molar-refractivity contribution >= 4 is 18.3 Å². The highest BCUT2D eigenvalue weighted by molar-refractivity contribution is 5.95. The second-order valence-electron chi connectivity index (χ2n) is 6.10. The third kappa shape index (κ3) is 4.13. The number of likely N-dealkylation sites (tertiary alicyclic amines) is 1. The van der Waals surface area contributed by atoms with Crippen molar-refractivity contribution in [1.29, 1.82) is 0 Å². The molecule has 1 amide bonds. The molecule has 142 valence electrons. The molecule has 1 unspecified atom stereocenters. The Bertz CT molecular complexity index is 733. The quantitative estimate of drug-likeness (QED) is 0.848. The normalized spacial score (nSPS) is 16.9. The van der Waals surface area contributed by atoms with Gasteiger partial charge in [-0.25, -0.2) is 4.68 Å². The van der Waals surface area contributed by atoms with Gasteiger partial charge in [0.15, 0.2) is 5.82 Å². The lowest BCUT2D eigenvalue weighted by Crippen LogP contribution is -2.47. The molecular weight excluding hydrogens is 356 g/mol. The van der Waals surface area contributed by atoms with Crippen LogP contribution in [0.25, 0.3) is 5.82 Å². The van der Waals surface area contributed by atoms with Crippen LogP contribution in [0.5, 0.6) is 5.88 Å². The fraction of sp³-hybridized carbons (Fsp3) is 0.529. The van der Waals surface area contributed by atoms with Gasteiger partial charge in [0, 0.05) is 25.2 Å². The maximum atomic E-state index is 12.9. The van der Waals surface area contributed by atoms with Gasteiger partial charge in [-0.3, -0.25) is 4.79 Å². The van der Waals surface area contributed by atoms with Gasteiger partial charge in [0.1, 0.15) is 0 Å². The van der Waals surface area contributed by atoms with Gasteiger partial charge in [0.25, 0.3) is 5.91 Å². The van der Waals surface area contributed by atoms with Crippen LogP contribution in [0, 0.1) is 6.92 Å². The number of aromatic nitrogens is 4. The zero-order valence-corrected chi connectivity index (χ0v) is 16.1. The van der Waals surface area contributed by atoms with E-state index in [9.17, 15) is 4.79 Å². The van der Waals surface area contributed by atoms with Gasteiger partial charge in [-0.05, 0) is 39.8 Å². The summed E-state index contributed by atoms with van der Waals surface area (Å²) in [6.45, 7) is 5.81. The smallest absolute Gasteiger partial charge is 0.257 e. The van der Waals surface area contributed by atoms with Crippen molar-refractivity contribution in [2.24, 2.45) is 0 Å². The first-order chi connectivity index (χ1) is 12.1. The Balaban J connectivity index is 0.00000243. The van der Waals surface area contributed by atoms with Crippen molar-refractivity contribution in [3.05, 3.63) is 29.6 Å². The van der Waals surface area contributed by atoms with Crippen LogP contribution in [-0.2, 0) is 0 Å². The van der Waals surface area contributed by atoms with Crippen LogP contribution < -0.4 is 10.1 Å². The zero-order valence-electron chi connectivity index (χ0n) is 15.3. The first-order valence-electron chi connectivity index (χ1n) is 8.62. The molecule has 1 atom stereocenters. The van der Waals surface area contributed by atoms with Gasteiger partial charge in [0.05, 0.1) is 24.1 Å². The molecule has 0 bridgehead atoms. The van der Waals surface area contributed by atoms with E-state index in [1.165, 1.54) is 0 Å². The maximum absolute atomic E-state index is 12.9. The number of halogens is 1. The second-order valence-corrected chi connectivity index (χ2v) is 6.10. The van der Waals surface area contributed by atoms with Gasteiger partial charge < -0.3 is 15.0 Å². The fourth-order valence-corrected chi connectivity index (χ4v) is 3.07. The number of likely N-dealkylation sites (N-methyl/N-ethyl adjacent to an activating group) is 1. The Morgan fingerprint density at radius 2 is 2.19 bits per heavy atom. The number of nitrogens with zero attached hydrogens (tertiary/aromatic N) is 5. The minimum Gasteiger partial charge on any atom is -0.477 e. The summed E-state index contributed by atoms with van der Waals surface area (Å²) >= 11 is 0. The molecule has 0 spiro atoms. The Kier molecular flexibility index (Phi) is 6.93. The lowest BCUT2D eigenvalue weighted by atomic mass is 10.0. The van der Waals surface area contributed by atoms with E-state index in [1.54, 1.807) is 23.0 Å². The van der Waals surface area contributed by atoms with Crippen molar-refractivity contribution in [3.8, 4) is 11.7 Å². The van der Waals surface area contributed by atoms with Gasteiger partial charge in [-0.1, -0.05) is 0 Å². The van der Waals surface area contributed by atoms with E-state index in [-0.39, 0.29) is 18.3 Å². The van der Waals surface area contributed by atoms with E-state index in [2.05, 4.69) is 20.6 Å². The third-order valence-corrected chi connectivity index (χ3v) is 4.49. The Morgan fingerprint density at radius 3 is 2.85 bits per heavy atom. The maximum Gasteiger partial charge on any atom is 0.257 e. The number of piperidine rings is 1. The summed E-state index contributed by atoms with van der Waals surface area (Å²) in [7, 11) is 1.94. The molecule has 9 heteroatoms. The van der Waals surface area contributed by atoms with E-state index >= 15 is 0 Å². The molecule has 3 rings (SSSR count). The molecule has 26 heavy (non-hydrogen) atoms. The molecule has 1 N–H and O–H groups in total. The largest absolute Gasteiger partial charge is 0.477 e. The predicted molar refractivity (Wildman–Crippen MR) is 100 cm³/mol. The summed E-state index contributed by atoms with van der Waals surface area (Å²) in [4.78, 5) is 14.7. The molecule has 1 saturated heterocycles. The van der Waals surface area contributed by atoms with E-state index in [4.69, 9.17) is 4.74 Å². The van der Waals surface area contributed by atoms with Gasteiger partial charge in [-0.2, -0.15) is 5.10 Å². The van der Waals surface area contributed by atoms with Crippen LogP contribution in [0.15, 0.2) is 18.3 Å². The summed E-state index contributed by atoms with van der Waals surface area (Å²) in [5.41, 5.74) is 1.36. The second kappa shape index (κ2) is 8.95. The molecule has 3 heterocycles. The van der Waals surface area contributed by atoms with Crippen molar-refractivity contribution in [3.63, 3.8) is 0 Å². The van der Waals surface area contributed by atoms with Crippen molar-refractivity contribution in [2.75, 3.05) is 26.7 Å². The van der Waals surface area contributed by atoms with Crippen molar-refractivity contribution in [1.82, 2.24) is 30.2 Å². The number of hydrogen-bond acceptors (Lipinski definition) is 6. The molecule has 0 saturated carbocycles. The standard InChI is InChI=1S/C17H24N6O2.ClH/c1-4-25-16-8-7-15(20-21-16)23-12(2)14(10-19-23)17(24)22-9-5-6-13(11-22)18-3;/h7-8,10,13,18H,4-6,9,11H2,1-3H3;1H. The van der Waals surface area contributed by atoms with E-state index in [0.717, 1.165) is 31.6 Å². The molecule has 8 nitrogen and oxygen atoms in total. The van der Waals surface area contributed by atoms with Gasteiger partial charge >= 0.3 is 0 Å². The number of carbonyl (C=O) groups excluding carboxylic acids is 1. The average Bonchev–Trinajstić information content (AvgIpc) is 3.03. The monoisotopic (exact) mass is 380 g/mol. The molecule has 2 aromatic heterocycles. The third-order valence-electron chi connectivity index (χ3n) is 4.49. The van der Waals surface area contributed by atoms with Crippen LogP contribution >= 0.6 is 12.4 Å². The predicted octanol–water partition coefficient (Wildman–Crippen LogP) is 1.62. The summed E-state index contributed by atoms with van der Waals surface area (Å²) in [6.07, 6.45) is 3.72. The number of hydrogen-bond donors (Lipinski definition) is 1. The summed E-state index contributed by atoms with van der Waals surface area (Å²) in [5.74, 6) is 1.05. The van der Waals surface area contributed by atoms with Crippen LogP contribution in [0.3, 0.4) is 0 Å². The molecule has 2 aromatic rings. The lowest BCUT2D eigenvalue weighted by molar-refractivity contribution is 0.0697. The fourth-order valence-electron chi connectivity index (χ4n) is 3.07. The number of nitrogens with one attached hydrogen (secondary N) is 1. The minimum atomic E-state index is 0. The van der Waals surface area contributed by atoms with E-state index < -0.39 is 0 Å². The van der Waals surface area contributed by atoms with Crippen molar-refractivity contribution in [2.45, 2.75) is 32.7 Å². The van der Waals surface area contributed by atoms with Gasteiger partial charge in [0.2, 0.25) is 5.88 Å². The Labute approximate surface area is 159 Å². The van der Waals surface area contributed by atoms with Crippen LogP contribution in [0.2, 0.25) is 0 Å². The lowest BCUT2D eigenvalue weighted by Gasteiger charge is -2.32. The van der Waals surface area contributed by atoms with Crippen molar-refractivity contribution < 1.29 is 9.53 Å². The highest BCUT2D eigenvalue weighted by Crippen LogP contribution is 2.18. The zero-order chi connectivity index (χ0) is 17.8. The summed E-state index contributed by atoms with van der Waals surface area (Å²) in [6, 6.07) is 3.88. The van der Waals surface area contributed by atoms with Crippen LogP contribution in [0.4, 0.5) is 0 Å². The molecule has 1 fully saturated rings. The first-order valence-corrected chi connectivity index (χ1v) is 8.62. The first kappa shape index (κ1) is 20.1. The average molecular weight is 381 g/mol. The van der Waals surface area contributed by atoms with E-state index in [0.29, 0.717) is 29.9 Å². The highest BCUT2D eigenvalue weighted by atomic mass is 35.5. The number of carbonyl (C=O) groups is 1. The van der Waals surface area contributed by atoms with E-state index in [1.807, 2.05) is 25.8 Å². The number of amides is 1.